The van der Waals surface area contributed by atoms with Crippen molar-refractivity contribution in [3.05, 3.63) is 224 Å². The maximum absolute atomic E-state index is 10.3. The van der Waals surface area contributed by atoms with Crippen LogP contribution < -0.4 is 0 Å². The Hall–Kier alpha value is -7.99. The number of aromatic nitrogens is 1. The van der Waals surface area contributed by atoms with Gasteiger partial charge < -0.3 is 4.57 Å². The molecule has 59 heavy (non-hydrogen) atoms. The lowest BCUT2D eigenvalue weighted by Gasteiger charge is -2.18. The molecule has 11 rings (SSSR count). The minimum absolute atomic E-state index is 0.630. The molecule has 0 amide bonds. The Labute approximate surface area is 343 Å². The van der Waals surface area contributed by atoms with Gasteiger partial charge in [0.15, 0.2) is 0 Å². The molecule has 0 fully saturated rings. The normalized spacial score (nSPS) is 11.4. The van der Waals surface area contributed by atoms with E-state index in [1.165, 1.54) is 65.6 Å². The first-order chi connectivity index (χ1) is 29.2. The zero-order valence-electron chi connectivity index (χ0n) is 32.2. The maximum Gasteiger partial charge on any atom is 0.0992 e. The van der Waals surface area contributed by atoms with E-state index in [4.69, 9.17) is 0 Å². The Morgan fingerprint density at radius 1 is 0.288 bits per heavy atom. The number of hydrogen-bond acceptors (Lipinski definition) is 1. The van der Waals surface area contributed by atoms with Crippen LogP contribution in [0.15, 0.2) is 218 Å². The summed E-state index contributed by atoms with van der Waals surface area (Å²) >= 11 is 0. The standard InChI is InChI=1S/C57H36N2/c58-37-38-31-45(35-46(32-38)43-20-14-22-47(36-43)59-54-29-10-8-23-48(54)49-24-9-11-30-55(49)59)42-19-12-17-40(33-42)41-18-13-21-44(34-41)57-52-27-6-4-25-50(52)56(39-15-2-1-3-16-39)51-26-5-7-28-53(51)57/h1-36H. The quantitative estimate of drug-likeness (QED) is 0.156. The van der Waals surface area contributed by atoms with E-state index in [9.17, 15) is 5.26 Å². The minimum atomic E-state index is 0.630. The Kier molecular flexibility index (Phi) is 8.24. The van der Waals surface area contributed by atoms with Crippen molar-refractivity contribution < 1.29 is 0 Å². The van der Waals surface area contributed by atoms with Gasteiger partial charge in [-0.2, -0.15) is 5.26 Å². The molecule has 11 aromatic rings. The molecule has 0 unspecified atom stereocenters. The second-order valence-corrected chi connectivity index (χ2v) is 15.2. The van der Waals surface area contributed by atoms with Crippen molar-refractivity contribution in [1.29, 1.82) is 5.26 Å². The van der Waals surface area contributed by atoms with E-state index in [-0.39, 0.29) is 0 Å². The summed E-state index contributed by atoms with van der Waals surface area (Å²) in [6, 6.07) is 80.5. The summed E-state index contributed by atoms with van der Waals surface area (Å²) in [4.78, 5) is 0. The van der Waals surface area contributed by atoms with E-state index in [0.717, 1.165) is 39.1 Å². The Balaban J connectivity index is 1.00. The highest BCUT2D eigenvalue weighted by atomic mass is 15.0. The number of fused-ring (bicyclic) bond motifs is 5. The maximum atomic E-state index is 10.3. The van der Waals surface area contributed by atoms with Gasteiger partial charge in [0, 0.05) is 16.5 Å². The zero-order chi connectivity index (χ0) is 39.3. The molecule has 0 spiro atoms. The van der Waals surface area contributed by atoms with Gasteiger partial charge in [0.25, 0.3) is 0 Å². The predicted molar refractivity (Wildman–Crippen MR) is 248 cm³/mol. The van der Waals surface area contributed by atoms with Crippen LogP contribution in [0.3, 0.4) is 0 Å². The van der Waals surface area contributed by atoms with E-state index in [0.29, 0.717) is 5.56 Å². The molecular formula is C57H36N2. The van der Waals surface area contributed by atoms with Crippen molar-refractivity contribution >= 4 is 43.4 Å². The van der Waals surface area contributed by atoms with Crippen molar-refractivity contribution in [2.75, 3.05) is 0 Å². The first kappa shape index (κ1) is 34.3. The van der Waals surface area contributed by atoms with Gasteiger partial charge in [-0.1, -0.05) is 164 Å². The summed E-state index contributed by atoms with van der Waals surface area (Å²) in [5.74, 6) is 0. The van der Waals surface area contributed by atoms with Gasteiger partial charge >= 0.3 is 0 Å². The van der Waals surface area contributed by atoms with Crippen molar-refractivity contribution in [2.24, 2.45) is 0 Å². The number of rotatable bonds is 6. The fourth-order valence-corrected chi connectivity index (χ4v) is 9.14. The third kappa shape index (κ3) is 5.88. The van der Waals surface area contributed by atoms with Gasteiger partial charge in [0.2, 0.25) is 0 Å². The highest BCUT2D eigenvalue weighted by Crippen LogP contribution is 2.44. The van der Waals surface area contributed by atoms with Crippen LogP contribution in [0.4, 0.5) is 0 Å². The molecule has 0 aliphatic heterocycles. The average Bonchev–Trinajstić information content (AvgIpc) is 3.65. The van der Waals surface area contributed by atoms with Crippen LogP contribution in [0.2, 0.25) is 0 Å². The van der Waals surface area contributed by atoms with Crippen LogP contribution >= 0.6 is 0 Å². The average molecular weight is 749 g/mol. The third-order valence-electron chi connectivity index (χ3n) is 11.8. The lowest BCUT2D eigenvalue weighted by molar-refractivity contribution is 1.18. The highest BCUT2D eigenvalue weighted by Gasteiger charge is 2.18. The number of nitrogens with zero attached hydrogens (tertiary/aromatic N) is 2. The first-order valence-corrected chi connectivity index (χ1v) is 20.1. The van der Waals surface area contributed by atoms with E-state index >= 15 is 0 Å². The summed E-state index contributed by atoms with van der Waals surface area (Å²) < 4.78 is 2.34. The number of para-hydroxylation sites is 2. The van der Waals surface area contributed by atoms with E-state index in [1.807, 2.05) is 12.1 Å². The molecule has 0 bridgehead atoms. The lowest BCUT2D eigenvalue weighted by Crippen LogP contribution is -1.94. The fraction of sp³-hybridized carbons (Fsp3) is 0. The Morgan fingerprint density at radius 2 is 0.661 bits per heavy atom. The van der Waals surface area contributed by atoms with Crippen LogP contribution in [0.25, 0.3) is 105 Å². The number of nitriles is 1. The van der Waals surface area contributed by atoms with E-state index < -0.39 is 0 Å². The lowest BCUT2D eigenvalue weighted by atomic mass is 9.85. The van der Waals surface area contributed by atoms with E-state index in [2.05, 4.69) is 217 Å². The van der Waals surface area contributed by atoms with Crippen LogP contribution in [-0.2, 0) is 0 Å². The number of benzene rings is 10. The molecule has 2 heteroatoms. The molecule has 1 heterocycles. The van der Waals surface area contributed by atoms with Gasteiger partial charge in [0.1, 0.15) is 0 Å². The topological polar surface area (TPSA) is 28.7 Å². The van der Waals surface area contributed by atoms with Gasteiger partial charge in [-0.25, -0.2) is 0 Å². The molecular weight excluding hydrogens is 713 g/mol. The summed E-state index contributed by atoms with van der Waals surface area (Å²) in [6.45, 7) is 0. The molecule has 274 valence electrons. The highest BCUT2D eigenvalue weighted by molar-refractivity contribution is 6.21. The fourth-order valence-electron chi connectivity index (χ4n) is 9.14. The Bertz CT molecular complexity index is 3340. The molecule has 0 aliphatic carbocycles. The van der Waals surface area contributed by atoms with Crippen molar-refractivity contribution in [3.8, 4) is 67.4 Å². The van der Waals surface area contributed by atoms with Crippen LogP contribution in [0, 0.1) is 11.3 Å². The van der Waals surface area contributed by atoms with Crippen LogP contribution in [0.5, 0.6) is 0 Å². The summed E-state index contributed by atoms with van der Waals surface area (Å²) in [5, 5.41) is 17.7. The molecule has 0 atom stereocenters. The van der Waals surface area contributed by atoms with Gasteiger partial charge in [0.05, 0.1) is 22.7 Å². The van der Waals surface area contributed by atoms with Crippen LogP contribution in [0.1, 0.15) is 5.56 Å². The van der Waals surface area contributed by atoms with Crippen molar-refractivity contribution in [1.82, 2.24) is 4.57 Å². The summed E-state index contributed by atoms with van der Waals surface area (Å²) in [5.41, 5.74) is 15.4. The molecule has 0 saturated heterocycles. The van der Waals surface area contributed by atoms with Gasteiger partial charge in [-0.3, -0.25) is 0 Å². The molecule has 0 aliphatic rings. The van der Waals surface area contributed by atoms with Gasteiger partial charge in [-0.05, 0) is 132 Å². The molecule has 0 saturated carbocycles. The third-order valence-corrected chi connectivity index (χ3v) is 11.8. The summed E-state index contributed by atoms with van der Waals surface area (Å²) in [6.07, 6.45) is 0. The van der Waals surface area contributed by atoms with E-state index in [1.54, 1.807) is 0 Å². The molecule has 0 N–H and O–H groups in total. The number of hydrogen-bond donors (Lipinski definition) is 0. The molecule has 0 radical (unpaired) electrons. The van der Waals surface area contributed by atoms with Crippen molar-refractivity contribution in [3.63, 3.8) is 0 Å². The SMILES string of the molecule is N#Cc1cc(-c2cccc(-c3cccc(-c4c5ccccc5c(-c5ccccc5)c5ccccc45)c3)c2)cc(-c2cccc(-n3c4ccccc4c4ccccc43)c2)c1. The zero-order valence-corrected chi connectivity index (χ0v) is 32.2. The van der Waals surface area contributed by atoms with Crippen molar-refractivity contribution in [2.45, 2.75) is 0 Å². The van der Waals surface area contributed by atoms with Crippen LogP contribution in [-0.4, -0.2) is 4.57 Å². The smallest absolute Gasteiger partial charge is 0.0992 e. The molecule has 2 nitrogen and oxygen atoms in total. The largest absolute Gasteiger partial charge is 0.309 e. The first-order valence-electron chi connectivity index (χ1n) is 20.1. The minimum Gasteiger partial charge on any atom is -0.309 e. The monoisotopic (exact) mass is 748 g/mol. The van der Waals surface area contributed by atoms with Gasteiger partial charge in [-0.15, -0.1) is 0 Å². The summed E-state index contributed by atoms with van der Waals surface area (Å²) in [7, 11) is 0. The second-order valence-electron chi connectivity index (χ2n) is 15.2. The second kappa shape index (κ2) is 14.2. The Morgan fingerprint density at radius 3 is 1.20 bits per heavy atom. The predicted octanol–water partition coefficient (Wildman–Crippen LogP) is 15.3. The molecule has 10 aromatic carbocycles. The molecule has 1 aromatic heterocycles.